The summed E-state index contributed by atoms with van der Waals surface area (Å²) in [5.74, 6) is 5.20. The molecule has 0 saturated heterocycles. The minimum atomic E-state index is 0.216. The molecule has 4 fully saturated rings. The highest BCUT2D eigenvalue weighted by Gasteiger charge is 2.69. The summed E-state index contributed by atoms with van der Waals surface area (Å²) in [6, 6.07) is 2.01. The van der Waals surface area contributed by atoms with Crippen molar-refractivity contribution in [3.63, 3.8) is 0 Å². The minimum absolute atomic E-state index is 0.216. The summed E-state index contributed by atoms with van der Waals surface area (Å²) in [6.07, 6.45) is 5.11. The zero-order valence-electron chi connectivity index (χ0n) is 10.2. The van der Waals surface area contributed by atoms with Crippen molar-refractivity contribution in [3.8, 4) is 0 Å². The second-order valence-corrected chi connectivity index (χ2v) is 6.63. The molecule has 94 valence electrons. The smallest absolute Gasteiger partial charge is 0.229 e. The first-order valence-corrected chi connectivity index (χ1v) is 7.17. The summed E-state index contributed by atoms with van der Waals surface area (Å²) in [5.41, 5.74) is 1.18. The predicted octanol–water partition coefficient (Wildman–Crippen LogP) is 2.13. The Kier molecular flexibility index (Phi) is 1.59. The van der Waals surface area contributed by atoms with Crippen LogP contribution < -0.4 is 5.32 Å². The molecule has 2 N–H and O–H groups in total. The van der Waals surface area contributed by atoms with Gasteiger partial charge in [0.05, 0.1) is 0 Å². The van der Waals surface area contributed by atoms with Gasteiger partial charge in [-0.3, -0.25) is 9.89 Å². The normalized spacial score (nSPS) is 43.2. The van der Waals surface area contributed by atoms with Gasteiger partial charge in [0.2, 0.25) is 5.91 Å². The zero-order chi connectivity index (χ0) is 11.9. The van der Waals surface area contributed by atoms with E-state index in [9.17, 15) is 4.79 Å². The molecule has 18 heavy (non-hydrogen) atoms. The van der Waals surface area contributed by atoms with Crippen LogP contribution in [0.4, 0.5) is 5.82 Å². The van der Waals surface area contributed by atoms with E-state index >= 15 is 0 Å². The molecule has 0 spiro atoms. The largest absolute Gasteiger partial charge is 0.309 e. The number of hydrogen-bond donors (Lipinski definition) is 2. The zero-order valence-corrected chi connectivity index (χ0v) is 10.2. The molecule has 0 radical (unpaired) electrons. The molecular weight excluding hydrogens is 226 g/mol. The maximum Gasteiger partial charge on any atom is 0.229 e. The highest BCUT2D eigenvalue weighted by Crippen LogP contribution is 2.72. The Labute approximate surface area is 106 Å². The highest BCUT2D eigenvalue weighted by atomic mass is 16.2. The first-order valence-electron chi connectivity index (χ1n) is 7.17. The molecule has 1 aromatic rings. The molecule has 0 aliphatic heterocycles. The standard InChI is InChI=1S/C14H17N3O/c18-14(13-8-3-7-4-9(13)12(7)8)15-11-5-10(16-17-11)6-1-2-6/h5-9,12-13H,1-4H2,(H2,15,16,17,18). The van der Waals surface area contributed by atoms with Gasteiger partial charge in [0, 0.05) is 23.6 Å². The van der Waals surface area contributed by atoms with Crippen LogP contribution in [0.2, 0.25) is 0 Å². The first kappa shape index (κ1) is 9.59. The van der Waals surface area contributed by atoms with E-state index in [1.807, 2.05) is 6.07 Å². The molecule has 4 saturated carbocycles. The van der Waals surface area contributed by atoms with Gasteiger partial charge in [-0.15, -0.1) is 0 Å². The number of amides is 1. The first-order chi connectivity index (χ1) is 8.81. The molecular formula is C14H17N3O. The maximum atomic E-state index is 12.2. The van der Waals surface area contributed by atoms with Gasteiger partial charge in [-0.2, -0.15) is 5.10 Å². The van der Waals surface area contributed by atoms with E-state index in [-0.39, 0.29) is 5.91 Å². The van der Waals surface area contributed by atoms with Gasteiger partial charge in [-0.25, -0.2) is 0 Å². The molecule has 2 unspecified atom stereocenters. The molecule has 1 heterocycles. The van der Waals surface area contributed by atoms with Crippen LogP contribution in [-0.2, 0) is 4.79 Å². The number of nitrogens with zero attached hydrogens (tertiary/aromatic N) is 1. The number of anilines is 1. The quantitative estimate of drug-likeness (QED) is 0.854. The second-order valence-electron chi connectivity index (χ2n) is 6.63. The number of nitrogens with one attached hydrogen (secondary N) is 2. The minimum Gasteiger partial charge on any atom is -0.309 e. The van der Waals surface area contributed by atoms with Crippen LogP contribution in [0.5, 0.6) is 0 Å². The number of hydrogen-bond acceptors (Lipinski definition) is 2. The molecule has 4 aliphatic carbocycles. The molecule has 2 atom stereocenters. The fourth-order valence-corrected chi connectivity index (χ4v) is 4.60. The van der Waals surface area contributed by atoms with Crippen molar-refractivity contribution in [1.29, 1.82) is 0 Å². The number of carbonyl (C=O) groups excluding carboxylic acids is 1. The summed E-state index contributed by atoms with van der Waals surface area (Å²) in [4.78, 5) is 12.2. The van der Waals surface area contributed by atoms with Crippen molar-refractivity contribution in [1.82, 2.24) is 10.2 Å². The molecule has 0 bridgehead atoms. The number of aromatic nitrogens is 2. The Hall–Kier alpha value is -1.32. The Morgan fingerprint density at radius 2 is 2.11 bits per heavy atom. The van der Waals surface area contributed by atoms with Crippen molar-refractivity contribution in [2.45, 2.75) is 31.6 Å². The average Bonchev–Trinajstić information content (AvgIpc) is 3.10. The van der Waals surface area contributed by atoms with E-state index in [1.165, 1.54) is 31.4 Å². The van der Waals surface area contributed by atoms with E-state index in [2.05, 4.69) is 15.5 Å². The van der Waals surface area contributed by atoms with Gasteiger partial charge < -0.3 is 5.32 Å². The van der Waals surface area contributed by atoms with Gasteiger partial charge >= 0.3 is 0 Å². The lowest BCUT2D eigenvalue weighted by Gasteiger charge is -2.72. The van der Waals surface area contributed by atoms with Crippen LogP contribution in [0.1, 0.15) is 37.3 Å². The van der Waals surface area contributed by atoms with E-state index in [1.54, 1.807) is 0 Å². The fraction of sp³-hybridized carbons (Fsp3) is 0.714. The Balaban J connectivity index is 1.29. The van der Waals surface area contributed by atoms with Gasteiger partial charge in [-0.05, 0) is 49.4 Å². The Bertz CT molecular complexity index is 519. The van der Waals surface area contributed by atoms with Crippen LogP contribution >= 0.6 is 0 Å². The predicted molar refractivity (Wildman–Crippen MR) is 65.9 cm³/mol. The third-order valence-corrected chi connectivity index (χ3v) is 5.77. The fourth-order valence-electron chi connectivity index (χ4n) is 4.60. The second kappa shape index (κ2) is 2.98. The van der Waals surface area contributed by atoms with Crippen molar-refractivity contribution < 1.29 is 4.79 Å². The molecule has 4 nitrogen and oxygen atoms in total. The molecule has 0 aromatic carbocycles. The van der Waals surface area contributed by atoms with E-state index in [4.69, 9.17) is 0 Å². The van der Waals surface area contributed by atoms with E-state index in [0.29, 0.717) is 23.7 Å². The number of carbonyl (C=O) groups is 1. The summed E-state index contributed by atoms with van der Waals surface area (Å²) in [7, 11) is 0. The van der Waals surface area contributed by atoms with Crippen LogP contribution in [0, 0.1) is 29.6 Å². The third-order valence-electron chi connectivity index (χ3n) is 5.77. The van der Waals surface area contributed by atoms with Gasteiger partial charge in [0.15, 0.2) is 5.82 Å². The van der Waals surface area contributed by atoms with Gasteiger partial charge in [-0.1, -0.05) is 0 Å². The van der Waals surface area contributed by atoms with Crippen molar-refractivity contribution in [3.05, 3.63) is 11.8 Å². The SMILES string of the molecule is O=C(Nc1cc(C2CC2)[nH]n1)C1C2CC3CC1C32. The van der Waals surface area contributed by atoms with E-state index in [0.717, 1.165) is 17.7 Å². The summed E-state index contributed by atoms with van der Waals surface area (Å²) < 4.78 is 0. The topological polar surface area (TPSA) is 57.8 Å². The van der Waals surface area contributed by atoms with Crippen molar-refractivity contribution >= 4 is 11.7 Å². The Morgan fingerprint density at radius 3 is 2.72 bits per heavy atom. The van der Waals surface area contributed by atoms with Gasteiger partial charge in [0.1, 0.15) is 0 Å². The third kappa shape index (κ3) is 1.07. The molecule has 1 amide bonds. The van der Waals surface area contributed by atoms with Crippen molar-refractivity contribution in [2.75, 3.05) is 5.32 Å². The highest BCUT2D eigenvalue weighted by molar-refractivity contribution is 5.93. The van der Waals surface area contributed by atoms with Crippen LogP contribution in [0.15, 0.2) is 6.07 Å². The van der Waals surface area contributed by atoms with Crippen LogP contribution in [-0.4, -0.2) is 16.1 Å². The molecule has 4 aliphatic rings. The lowest BCUT2D eigenvalue weighted by molar-refractivity contribution is -0.238. The van der Waals surface area contributed by atoms with Crippen molar-refractivity contribution in [2.24, 2.45) is 29.6 Å². The molecule has 4 heteroatoms. The van der Waals surface area contributed by atoms with E-state index < -0.39 is 0 Å². The molecule has 5 rings (SSSR count). The van der Waals surface area contributed by atoms with Crippen LogP contribution in [0.3, 0.4) is 0 Å². The average molecular weight is 243 g/mol. The van der Waals surface area contributed by atoms with Gasteiger partial charge in [0.25, 0.3) is 0 Å². The number of aromatic amines is 1. The maximum absolute atomic E-state index is 12.2. The summed E-state index contributed by atoms with van der Waals surface area (Å²) in [6.45, 7) is 0. The summed E-state index contributed by atoms with van der Waals surface area (Å²) in [5, 5.41) is 10.2. The molecule has 1 aromatic heterocycles. The summed E-state index contributed by atoms with van der Waals surface area (Å²) >= 11 is 0. The number of rotatable bonds is 3. The number of H-pyrrole nitrogens is 1. The Morgan fingerprint density at radius 1 is 1.33 bits per heavy atom. The monoisotopic (exact) mass is 243 g/mol. The van der Waals surface area contributed by atoms with Crippen LogP contribution in [0.25, 0.3) is 0 Å². The lowest BCUT2D eigenvalue weighted by atomic mass is 9.32. The lowest BCUT2D eigenvalue weighted by Crippen LogP contribution is -2.69.